The minimum absolute atomic E-state index is 0.137. The van der Waals surface area contributed by atoms with E-state index >= 15 is 0 Å². The van der Waals surface area contributed by atoms with Crippen LogP contribution in [0.2, 0.25) is 0 Å². The first-order chi connectivity index (χ1) is 14.6. The molecule has 0 bridgehead atoms. The number of aromatic nitrogens is 2. The van der Waals surface area contributed by atoms with Gasteiger partial charge in [0, 0.05) is 17.8 Å². The monoisotopic (exact) mass is 435 g/mol. The number of non-ortho nitro benzene ring substituents is 1. The van der Waals surface area contributed by atoms with Crippen LogP contribution in [0, 0.1) is 20.2 Å². The van der Waals surface area contributed by atoms with Crippen molar-refractivity contribution in [2.45, 2.75) is 6.18 Å². The molecule has 1 heterocycles. The Morgan fingerprint density at radius 1 is 0.774 bits per heavy atom. The van der Waals surface area contributed by atoms with Crippen LogP contribution in [0.15, 0.2) is 54.9 Å². The average molecular weight is 435 g/mol. The van der Waals surface area contributed by atoms with Crippen LogP contribution < -0.4 is 16.2 Å². The summed E-state index contributed by atoms with van der Waals surface area (Å²) in [7, 11) is 0. The van der Waals surface area contributed by atoms with E-state index in [0.717, 1.165) is 30.6 Å². The molecule has 0 aliphatic rings. The van der Waals surface area contributed by atoms with E-state index in [-0.39, 0.29) is 23.0 Å². The van der Waals surface area contributed by atoms with E-state index in [2.05, 4.69) is 26.1 Å². The van der Waals surface area contributed by atoms with E-state index in [1.807, 2.05) is 0 Å². The minimum atomic E-state index is -4.51. The van der Waals surface area contributed by atoms with Crippen molar-refractivity contribution in [2.24, 2.45) is 0 Å². The van der Waals surface area contributed by atoms with Gasteiger partial charge in [-0.25, -0.2) is 9.97 Å². The van der Waals surface area contributed by atoms with Crippen molar-refractivity contribution < 1.29 is 23.0 Å². The number of hydrogen-bond acceptors (Lipinski definition) is 9. The summed E-state index contributed by atoms with van der Waals surface area (Å²) in [6, 6.07) is 9.08. The summed E-state index contributed by atoms with van der Waals surface area (Å²) < 4.78 is 38.0. The molecular formula is C17H12F3N7O4. The van der Waals surface area contributed by atoms with Crippen LogP contribution >= 0.6 is 0 Å². The molecule has 0 fully saturated rings. The van der Waals surface area contributed by atoms with Crippen LogP contribution in [-0.2, 0) is 6.18 Å². The number of nitrogens with zero attached hydrogens (tertiary/aromatic N) is 4. The SMILES string of the molecule is O=[N+]([O-])c1ccc(NNc2ncnc(Nc3ccc(C(F)(F)F)cc3)c2[N+](=O)[O-])cc1. The summed E-state index contributed by atoms with van der Waals surface area (Å²) >= 11 is 0. The zero-order valence-electron chi connectivity index (χ0n) is 15.3. The lowest BCUT2D eigenvalue weighted by Gasteiger charge is -2.12. The summed E-state index contributed by atoms with van der Waals surface area (Å²) in [5, 5.41) is 24.8. The van der Waals surface area contributed by atoms with E-state index in [1.165, 1.54) is 24.3 Å². The van der Waals surface area contributed by atoms with Crippen molar-refractivity contribution in [3.05, 3.63) is 80.7 Å². The lowest BCUT2D eigenvalue weighted by atomic mass is 10.2. The van der Waals surface area contributed by atoms with Gasteiger partial charge < -0.3 is 5.32 Å². The highest BCUT2D eigenvalue weighted by Crippen LogP contribution is 2.33. The van der Waals surface area contributed by atoms with E-state index in [1.54, 1.807) is 0 Å². The second-order valence-electron chi connectivity index (χ2n) is 5.93. The Bertz CT molecular complexity index is 1110. The third-order valence-electron chi connectivity index (χ3n) is 3.88. The van der Waals surface area contributed by atoms with Gasteiger partial charge in [-0.2, -0.15) is 13.2 Å². The molecule has 0 atom stereocenters. The molecule has 0 unspecified atom stereocenters. The molecule has 0 saturated carbocycles. The van der Waals surface area contributed by atoms with Crippen molar-refractivity contribution in [1.82, 2.24) is 9.97 Å². The minimum Gasteiger partial charge on any atom is -0.334 e. The maximum atomic E-state index is 12.7. The van der Waals surface area contributed by atoms with Crippen LogP contribution in [0.1, 0.15) is 5.56 Å². The number of nitro benzene ring substituents is 1. The maximum absolute atomic E-state index is 12.7. The molecule has 0 saturated heterocycles. The molecule has 2 aromatic carbocycles. The molecule has 0 radical (unpaired) electrons. The second kappa shape index (κ2) is 8.48. The summed E-state index contributed by atoms with van der Waals surface area (Å²) in [4.78, 5) is 28.4. The van der Waals surface area contributed by atoms with Gasteiger partial charge in [0.15, 0.2) is 0 Å². The summed E-state index contributed by atoms with van der Waals surface area (Å²) in [6.07, 6.45) is -3.50. The summed E-state index contributed by atoms with van der Waals surface area (Å²) in [5.41, 5.74) is 4.05. The maximum Gasteiger partial charge on any atom is 0.416 e. The lowest BCUT2D eigenvalue weighted by molar-refractivity contribution is -0.384. The molecule has 11 nitrogen and oxygen atoms in total. The quantitative estimate of drug-likeness (QED) is 0.360. The first-order valence-electron chi connectivity index (χ1n) is 8.35. The van der Waals surface area contributed by atoms with Gasteiger partial charge in [-0.1, -0.05) is 0 Å². The first kappa shape index (κ1) is 21.2. The number of anilines is 4. The number of halogens is 3. The second-order valence-corrected chi connectivity index (χ2v) is 5.93. The number of hydrazine groups is 1. The van der Waals surface area contributed by atoms with Gasteiger partial charge in [0.2, 0.25) is 11.6 Å². The molecule has 160 valence electrons. The van der Waals surface area contributed by atoms with E-state index in [4.69, 9.17) is 0 Å². The molecule has 0 aliphatic heterocycles. The van der Waals surface area contributed by atoms with E-state index in [0.29, 0.717) is 5.69 Å². The van der Waals surface area contributed by atoms with Crippen LogP contribution in [-0.4, -0.2) is 19.8 Å². The molecule has 31 heavy (non-hydrogen) atoms. The molecule has 1 aromatic heterocycles. The molecule has 14 heteroatoms. The Kier molecular flexibility index (Phi) is 5.81. The normalized spacial score (nSPS) is 10.9. The van der Waals surface area contributed by atoms with Gasteiger partial charge in [0.05, 0.1) is 21.1 Å². The highest BCUT2D eigenvalue weighted by Gasteiger charge is 2.30. The van der Waals surface area contributed by atoms with Crippen LogP contribution in [0.25, 0.3) is 0 Å². The van der Waals surface area contributed by atoms with E-state index < -0.39 is 27.3 Å². The van der Waals surface area contributed by atoms with E-state index in [9.17, 15) is 33.4 Å². The first-order valence-corrected chi connectivity index (χ1v) is 8.35. The lowest BCUT2D eigenvalue weighted by Crippen LogP contribution is -2.13. The molecule has 3 rings (SSSR count). The third kappa shape index (κ3) is 5.11. The Labute approximate surface area is 171 Å². The fraction of sp³-hybridized carbons (Fsp3) is 0.0588. The third-order valence-corrected chi connectivity index (χ3v) is 3.88. The molecule has 3 aromatic rings. The van der Waals surface area contributed by atoms with Gasteiger partial charge in [-0.3, -0.25) is 31.1 Å². The molecule has 0 aliphatic carbocycles. The Morgan fingerprint density at radius 3 is 1.90 bits per heavy atom. The number of hydrogen-bond donors (Lipinski definition) is 3. The van der Waals surface area contributed by atoms with Crippen molar-refractivity contribution in [2.75, 3.05) is 16.2 Å². The fourth-order valence-corrected chi connectivity index (χ4v) is 2.41. The van der Waals surface area contributed by atoms with Gasteiger partial charge in [0.1, 0.15) is 6.33 Å². The predicted octanol–water partition coefficient (Wildman–Crippen LogP) is 4.49. The highest BCUT2D eigenvalue weighted by molar-refractivity contribution is 5.74. The Balaban J connectivity index is 1.80. The number of benzene rings is 2. The Hall–Kier alpha value is -4.49. The predicted molar refractivity (Wildman–Crippen MR) is 104 cm³/mol. The van der Waals surface area contributed by atoms with Crippen LogP contribution in [0.5, 0.6) is 0 Å². The number of alkyl halides is 3. The number of rotatable bonds is 7. The van der Waals surface area contributed by atoms with Crippen molar-refractivity contribution in [3.8, 4) is 0 Å². The summed E-state index contributed by atoms with van der Waals surface area (Å²) in [5.74, 6) is -0.500. The van der Waals surface area contributed by atoms with Gasteiger partial charge >= 0.3 is 11.9 Å². The standard InChI is InChI=1S/C17H12F3N7O4/c18-17(19,20)10-1-3-11(4-2-10)23-15-14(27(30)31)16(22-9-21-15)25-24-12-5-7-13(8-6-12)26(28)29/h1-9,24H,(H2,21,22,23,25). The number of nitro groups is 2. The van der Waals surface area contributed by atoms with Gasteiger partial charge in [-0.05, 0) is 36.4 Å². The average Bonchev–Trinajstić information content (AvgIpc) is 2.72. The van der Waals surface area contributed by atoms with Gasteiger partial charge in [-0.15, -0.1) is 0 Å². The van der Waals surface area contributed by atoms with Crippen molar-refractivity contribution in [3.63, 3.8) is 0 Å². The molecule has 3 N–H and O–H groups in total. The largest absolute Gasteiger partial charge is 0.416 e. The zero-order valence-corrected chi connectivity index (χ0v) is 15.3. The summed E-state index contributed by atoms with van der Waals surface area (Å²) in [6.45, 7) is 0. The smallest absolute Gasteiger partial charge is 0.334 e. The molecule has 0 spiro atoms. The zero-order chi connectivity index (χ0) is 22.6. The van der Waals surface area contributed by atoms with Crippen molar-refractivity contribution >= 4 is 34.4 Å². The van der Waals surface area contributed by atoms with Crippen LogP contribution in [0.4, 0.5) is 47.6 Å². The van der Waals surface area contributed by atoms with Crippen LogP contribution in [0.3, 0.4) is 0 Å². The highest BCUT2D eigenvalue weighted by atomic mass is 19.4. The Morgan fingerprint density at radius 2 is 1.35 bits per heavy atom. The number of nitrogens with one attached hydrogen (secondary N) is 3. The molecule has 0 amide bonds. The van der Waals surface area contributed by atoms with Crippen molar-refractivity contribution in [1.29, 1.82) is 0 Å². The van der Waals surface area contributed by atoms with Gasteiger partial charge in [0.25, 0.3) is 5.69 Å². The molecular weight excluding hydrogens is 423 g/mol. The fourth-order valence-electron chi connectivity index (χ4n) is 2.41. The topological polar surface area (TPSA) is 148 Å².